The van der Waals surface area contributed by atoms with Crippen molar-refractivity contribution in [3.05, 3.63) is 12.2 Å². The third kappa shape index (κ3) is 4.13. The van der Waals surface area contributed by atoms with E-state index in [4.69, 9.17) is 14.2 Å². The smallest absolute Gasteiger partial charge is 0.312 e. The maximum atomic E-state index is 14.2. The third-order valence-electron chi connectivity index (χ3n) is 15.1. The van der Waals surface area contributed by atoms with E-state index in [-0.39, 0.29) is 47.4 Å². The van der Waals surface area contributed by atoms with Gasteiger partial charge in [0.2, 0.25) is 0 Å². The number of carbonyl (C=O) groups is 1. The molecule has 0 radical (unpaired) electrons. The van der Waals surface area contributed by atoms with Crippen molar-refractivity contribution in [2.24, 2.45) is 56.7 Å². The van der Waals surface area contributed by atoms with Crippen LogP contribution < -0.4 is 0 Å². The number of rotatable bonds is 5. The summed E-state index contributed by atoms with van der Waals surface area (Å²) in [5.41, 5.74) is 0.712. The van der Waals surface area contributed by atoms with Gasteiger partial charge >= 0.3 is 5.97 Å². The van der Waals surface area contributed by atoms with Gasteiger partial charge in [-0.25, -0.2) is 0 Å². The van der Waals surface area contributed by atoms with Crippen molar-refractivity contribution in [1.29, 1.82) is 0 Å². The van der Waals surface area contributed by atoms with Gasteiger partial charge < -0.3 is 24.4 Å². The molecule has 5 unspecified atom stereocenters. The highest BCUT2D eigenvalue weighted by atomic mass is 16.7. The van der Waals surface area contributed by atoms with Gasteiger partial charge in [0.1, 0.15) is 12.7 Å². The lowest BCUT2D eigenvalue weighted by atomic mass is 9.32. The fourth-order valence-corrected chi connectivity index (χ4v) is 12.7. The molecule has 1 heterocycles. The van der Waals surface area contributed by atoms with Crippen LogP contribution in [0.25, 0.3) is 0 Å². The number of hydrogen-bond acceptors (Lipinski definition) is 6. The van der Waals surface area contributed by atoms with E-state index in [2.05, 4.69) is 41.2 Å². The van der Waals surface area contributed by atoms with Gasteiger partial charge in [-0.15, -0.1) is 0 Å². The van der Waals surface area contributed by atoms with Crippen molar-refractivity contribution in [3.8, 4) is 0 Å². The molecule has 5 aliphatic carbocycles. The molecule has 6 aliphatic rings. The van der Waals surface area contributed by atoms with Gasteiger partial charge in [-0.2, -0.15) is 0 Å². The summed E-state index contributed by atoms with van der Waals surface area (Å²) < 4.78 is 17.8. The highest BCUT2D eigenvalue weighted by Gasteiger charge is 2.72. The van der Waals surface area contributed by atoms with Crippen LogP contribution in [0.3, 0.4) is 0 Å². The standard InChI is InChI=1S/C36H58O6/c1-22(2)24-11-16-36(30(39)40-19-23-20-41-31(3,4)42-23)18-17-34(7)25(29(24)36)9-10-27-32(5)14-13-28(38)33(6,21-37)26(32)12-15-35(27,34)8/h23-29,37-38H,1,9-21H2,2-8H3/t23?,24?,25?,26-,27?,28+,29?,32+,33+,34-,35-,36+/m1/s1. The molecule has 0 aromatic heterocycles. The highest BCUT2D eigenvalue weighted by molar-refractivity contribution is 5.78. The fourth-order valence-electron chi connectivity index (χ4n) is 12.7. The average Bonchev–Trinajstić information content (AvgIpc) is 3.50. The Hall–Kier alpha value is -0.950. The van der Waals surface area contributed by atoms with Crippen molar-refractivity contribution in [2.75, 3.05) is 19.8 Å². The first-order valence-corrected chi connectivity index (χ1v) is 17.0. The van der Waals surface area contributed by atoms with Crippen LogP contribution in [0, 0.1) is 56.7 Å². The number of hydrogen-bond donors (Lipinski definition) is 2. The van der Waals surface area contributed by atoms with Crippen molar-refractivity contribution >= 4 is 5.97 Å². The fraction of sp³-hybridized carbons (Fsp3) is 0.917. The van der Waals surface area contributed by atoms with Crippen LogP contribution in [-0.4, -0.2) is 54.0 Å². The van der Waals surface area contributed by atoms with E-state index < -0.39 is 22.7 Å². The molecule has 6 rings (SSSR count). The summed E-state index contributed by atoms with van der Waals surface area (Å²) >= 11 is 0. The zero-order chi connectivity index (χ0) is 30.5. The number of fused-ring (bicyclic) bond motifs is 7. The zero-order valence-electron chi connectivity index (χ0n) is 27.5. The molecule has 0 spiro atoms. The molecular weight excluding hydrogens is 528 g/mol. The van der Waals surface area contributed by atoms with Crippen molar-refractivity contribution in [2.45, 2.75) is 131 Å². The van der Waals surface area contributed by atoms with Crippen molar-refractivity contribution < 1.29 is 29.2 Å². The summed E-state index contributed by atoms with van der Waals surface area (Å²) in [5.74, 6) is 1.30. The van der Waals surface area contributed by atoms with Crippen LogP contribution in [0.15, 0.2) is 12.2 Å². The van der Waals surface area contributed by atoms with Crippen molar-refractivity contribution in [3.63, 3.8) is 0 Å². The molecule has 6 nitrogen and oxygen atoms in total. The molecule has 6 heteroatoms. The molecule has 1 aliphatic heterocycles. The monoisotopic (exact) mass is 586 g/mol. The van der Waals surface area contributed by atoms with Crippen LogP contribution in [0.1, 0.15) is 113 Å². The van der Waals surface area contributed by atoms with Crippen LogP contribution in [-0.2, 0) is 19.0 Å². The molecule has 1 saturated heterocycles. The van der Waals surface area contributed by atoms with E-state index in [9.17, 15) is 15.0 Å². The Labute approximate surface area is 254 Å². The van der Waals surface area contributed by atoms with Gasteiger partial charge in [0.15, 0.2) is 5.79 Å². The van der Waals surface area contributed by atoms with Crippen LogP contribution in [0.2, 0.25) is 0 Å². The molecule has 12 atom stereocenters. The molecule has 6 fully saturated rings. The van der Waals surface area contributed by atoms with E-state index in [0.717, 1.165) is 64.2 Å². The van der Waals surface area contributed by atoms with E-state index in [1.54, 1.807) is 0 Å². The minimum Gasteiger partial charge on any atom is -0.462 e. The second kappa shape index (κ2) is 10.0. The van der Waals surface area contributed by atoms with Gasteiger partial charge in [0.25, 0.3) is 0 Å². The second-order valence-corrected chi connectivity index (χ2v) is 17.1. The lowest BCUT2D eigenvalue weighted by Crippen LogP contribution is -2.67. The van der Waals surface area contributed by atoms with Gasteiger partial charge in [0.05, 0.1) is 24.7 Å². The SMILES string of the molecule is C=C(C)C1CC[C@]2(C(=O)OCC3COC(C)(C)O3)CC[C@]3(C)C(CCC4[C@@]5(C)CC[C@H](O)[C@@](C)(CO)[C@@H]5CC[C@]43C)C12. The van der Waals surface area contributed by atoms with Gasteiger partial charge in [-0.3, -0.25) is 4.79 Å². The summed E-state index contributed by atoms with van der Waals surface area (Å²) in [6.45, 7) is 21.0. The lowest BCUT2D eigenvalue weighted by molar-refractivity contribution is -0.254. The van der Waals surface area contributed by atoms with E-state index in [0.29, 0.717) is 30.3 Å². The summed E-state index contributed by atoms with van der Waals surface area (Å²) in [7, 11) is 0. The third-order valence-corrected chi connectivity index (χ3v) is 15.1. The normalized spacial score (nSPS) is 52.9. The van der Waals surface area contributed by atoms with E-state index in [1.807, 2.05) is 13.8 Å². The zero-order valence-corrected chi connectivity index (χ0v) is 27.5. The summed E-state index contributed by atoms with van der Waals surface area (Å²) in [6.07, 6.45) is 9.49. The molecule has 0 bridgehead atoms. The number of aliphatic hydroxyl groups excluding tert-OH is 2. The van der Waals surface area contributed by atoms with Gasteiger partial charge in [0, 0.05) is 5.41 Å². The van der Waals surface area contributed by atoms with Gasteiger partial charge in [-0.1, -0.05) is 39.8 Å². The molecule has 0 amide bonds. The lowest BCUT2D eigenvalue weighted by Gasteiger charge is -2.72. The minimum absolute atomic E-state index is 0.0190. The molecule has 5 saturated carbocycles. The van der Waals surface area contributed by atoms with E-state index >= 15 is 0 Å². The average molecular weight is 587 g/mol. The Morgan fingerprint density at radius 3 is 2.29 bits per heavy atom. The van der Waals surface area contributed by atoms with Crippen LogP contribution >= 0.6 is 0 Å². The molecule has 0 aromatic rings. The maximum Gasteiger partial charge on any atom is 0.312 e. The topological polar surface area (TPSA) is 85.2 Å². The summed E-state index contributed by atoms with van der Waals surface area (Å²) in [6, 6.07) is 0. The number of allylic oxidation sites excluding steroid dienone is 1. The van der Waals surface area contributed by atoms with E-state index in [1.165, 1.54) is 5.57 Å². The quantitative estimate of drug-likeness (QED) is 0.276. The summed E-state index contributed by atoms with van der Waals surface area (Å²) in [5, 5.41) is 21.6. The Bertz CT molecular complexity index is 1100. The minimum atomic E-state index is -0.627. The number of aliphatic hydroxyl groups is 2. The van der Waals surface area contributed by atoms with Crippen LogP contribution in [0.5, 0.6) is 0 Å². The Kier molecular flexibility index (Phi) is 7.41. The Morgan fingerprint density at radius 1 is 0.905 bits per heavy atom. The number of ether oxygens (including phenoxy) is 3. The largest absolute Gasteiger partial charge is 0.462 e. The highest BCUT2D eigenvalue weighted by Crippen LogP contribution is 2.77. The molecular formula is C36H58O6. The molecule has 0 aromatic carbocycles. The molecule has 2 N–H and O–H groups in total. The van der Waals surface area contributed by atoms with Gasteiger partial charge in [-0.05, 0) is 131 Å². The maximum absolute atomic E-state index is 14.2. The Morgan fingerprint density at radius 2 is 1.64 bits per heavy atom. The number of carbonyl (C=O) groups excluding carboxylic acids is 1. The van der Waals surface area contributed by atoms with Crippen molar-refractivity contribution in [1.82, 2.24) is 0 Å². The number of esters is 1. The molecule has 42 heavy (non-hydrogen) atoms. The first kappa shape index (κ1) is 31.0. The first-order chi connectivity index (χ1) is 19.6. The summed E-state index contributed by atoms with van der Waals surface area (Å²) in [4.78, 5) is 14.2. The Balaban J connectivity index is 1.30. The second-order valence-electron chi connectivity index (χ2n) is 17.1. The van der Waals surface area contributed by atoms with Crippen LogP contribution in [0.4, 0.5) is 0 Å². The molecule has 238 valence electrons. The predicted molar refractivity (Wildman–Crippen MR) is 162 cm³/mol. The first-order valence-electron chi connectivity index (χ1n) is 17.0. The predicted octanol–water partition coefficient (Wildman–Crippen LogP) is 6.67.